The summed E-state index contributed by atoms with van der Waals surface area (Å²) < 4.78 is 68.2. The summed E-state index contributed by atoms with van der Waals surface area (Å²) in [5.74, 6) is 1.40. The quantitative estimate of drug-likeness (QED) is 0.278. The van der Waals surface area contributed by atoms with E-state index in [1.165, 1.54) is 16.4 Å². The number of hydrogen-bond donors (Lipinski definition) is 2. The minimum Gasteiger partial charge on any atom is -0.492 e. The van der Waals surface area contributed by atoms with Crippen LogP contribution >= 0.6 is 0 Å². The molecule has 0 bridgehead atoms. The first kappa shape index (κ1) is 35.6. The van der Waals surface area contributed by atoms with E-state index in [1.807, 2.05) is 38.1 Å². The molecule has 0 unspecified atom stereocenters. The van der Waals surface area contributed by atoms with Gasteiger partial charge in [0.15, 0.2) is 11.5 Å². The van der Waals surface area contributed by atoms with Crippen molar-refractivity contribution in [3.8, 4) is 17.2 Å². The maximum Gasteiger partial charge on any atom is 0.407 e. The lowest BCUT2D eigenvalue weighted by Crippen LogP contribution is -2.51. The van der Waals surface area contributed by atoms with Crippen LogP contribution in [0.2, 0.25) is 0 Å². The maximum absolute atomic E-state index is 13.9. The van der Waals surface area contributed by atoms with Crippen LogP contribution in [0.1, 0.15) is 19.4 Å². The second-order valence-corrected chi connectivity index (χ2v) is 15.2. The molecule has 0 saturated carbocycles. The van der Waals surface area contributed by atoms with Crippen molar-refractivity contribution in [1.82, 2.24) is 14.5 Å². The third kappa shape index (κ3) is 9.14. The molecule has 0 radical (unpaired) electrons. The number of carbonyl (C=O) groups is 1. The van der Waals surface area contributed by atoms with Crippen LogP contribution in [0.5, 0.6) is 17.2 Å². The van der Waals surface area contributed by atoms with Gasteiger partial charge >= 0.3 is 6.09 Å². The van der Waals surface area contributed by atoms with Crippen LogP contribution in [-0.2, 0) is 35.4 Å². The van der Waals surface area contributed by atoms with E-state index in [4.69, 9.17) is 33.2 Å². The van der Waals surface area contributed by atoms with Crippen molar-refractivity contribution in [1.29, 1.82) is 0 Å². The molecule has 2 aromatic rings. The Hall–Kier alpha value is -3.18. The summed E-state index contributed by atoms with van der Waals surface area (Å²) >= 11 is 0. The summed E-state index contributed by atoms with van der Waals surface area (Å²) in [6, 6.07) is 11.0. The van der Waals surface area contributed by atoms with Gasteiger partial charge in [0.1, 0.15) is 18.5 Å². The van der Waals surface area contributed by atoms with Gasteiger partial charge in [-0.05, 0) is 42.2 Å². The van der Waals surface area contributed by atoms with Crippen LogP contribution in [-0.4, -0.2) is 132 Å². The van der Waals surface area contributed by atoms with E-state index in [0.29, 0.717) is 37.1 Å². The molecule has 3 fully saturated rings. The lowest BCUT2D eigenvalue weighted by Gasteiger charge is -2.31. The van der Waals surface area contributed by atoms with Crippen molar-refractivity contribution in [2.24, 2.45) is 11.8 Å². The third-order valence-corrected chi connectivity index (χ3v) is 11.0. The normalized spacial score (nSPS) is 23.4. The van der Waals surface area contributed by atoms with Crippen LogP contribution in [0, 0.1) is 11.8 Å². The number of fused-ring (bicyclic) bond motifs is 2. The number of benzene rings is 2. The van der Waals surface area contributed by atoms with E-state index in [0.717, 1.165) is 38.4 Å². The minimum absolute atomic E-state index is 0.0135. The molecule has 14 nitrogen and oxygen atoms in total. The molecular weight excluding hydrogens is 658 g/mol. The molecule has 270 valence electrons. The number of aliphatic hydroxyl groups excluding tert-OH is 1. The molecule has 49 heavy (non-hydrogen) atoms. The molecule has 2 N–H and O–H groups in total. The van der Waals surface area contributed by atoms with Gasteiger partial charge in [-0.3, -0.25) is 4.90 Å². The number of rotatable bonds is 15. The minimum atomic E-state index is -4.06. The Morgan fingerprint density at radius 2 is 1.80 bits per heavy atom. The predicted molar refractivity (Wildman–Crippen MR) is 176 cm³/mol. The molecular formula is C34H47N3O11S. The third-order valence-electron chi connectivity index (χ3n) is 9.15. The van der Waals surface area contributed by atoms with Crippen LogP contribution in [0.4, 0.5) is 4.79 Å². The predicted octanol–water partition coefficient (Wildman–Crippen LogP) is 1.89. The number of aliphatic hydroxyl groups is 1. The molecule has 2 aromatic carbocycles. The van der Waals surface area contributed by atoms with E-state index in [1.54, 1.807) is 6.07 Å². The molecule has 4 aliphatic rings. The smallest absolute Gasteiger partial charge is 0.407 e. The van der Waals surface area contributed by atoms with Crippen molar-refractivity contribution in [2.75, 3.05) is 79.2 Å². The number of hydrogen-bond acceptors (Lipinski definition) is 12. The fourth-order valence-electron chi connectivity index (χ4n) is 6.43. The molecule has 5 atom stereocenters. The highest BCUT2D eigenvalue weighted by Crippen LogP contribution is 2.35. The van der Waals surface area contributed by atoms with Crippen LogP contribution in [0.25, 0.3) is 0 Å². The largest absolute Gasteiger partial charge is 0.492 e. The molecule has 0 aliphatic carbocycles. The van der Waals surface area contributed by atoms with Crippen LogP contribution < -0.4 is 19.5 Å². The molecule has 4 heterocycles. The summed E-state index contributed by atoms with van der Waals surface area (Å²) in [5, 5.41) is 14.5. The average Bonchev–Trinajstić information content (AvgIpc) is 3.84. The van der Waals surface area contributed by atoms with Gasteiger partial charge in [-0.15, -0.1) is 0 Å². The fourth-order valence-corrected chi connectivity index (χ4v) is 8.07. The molecule has 0 spiro atoms. The Morgan fingerprint density at radius 3 is 2.57 bits per heavy atom. The van der Waals surface area contributed by atoms with Gasteiger partial charge < -0.3 is 43.6 Å². The van der Waals surface area contributed by atoms with E-state index >= 15 is 0 Å². The maximum atomic E-state index is 13.9. The Labute approximate surface area is 287 Å². The highest BCUT2D eigenvalue weighted by molar-refractivity contribution is 7.89. The summed E-state index contributed by atoms with van der Waals surface area (Å²) in [6.07, 6.45) is -2.40. The lowest BCUT2D eigenvalue weighted by atomic mass is 10.0. The Bertz CT molecular complexity index is 1500. The average molecular weight is 706 g/mol. The van der Waals surface area contributed by atoms with Gasteiger partial charge in [0.05, 0.1) is 62.1 Å². The van der Waals surface area contributed by atoms with Crippen molar-refractivity contribution < 1.29 is 51.5 Å². The number of amides is 1. The van der Waals surface area contributed by atoms with Crippen LogP contribution in [0.3, 0.4) is 0 Å². The highest BCUT2D eigenvalue weighted by atomic mass is 32.2. The zero-order valence-electron chi connectivity index (χ0n) is 28.0. The zero-order valence-corrected chi connectivity index (χ0v) is 28.8. The number of nitrogens with zero attached hydrogens (tertiary/aromatic N) is 2. The van der Waals surface area contributed by atoms with E-state index < -0.39 is 34.4 Å². The van der Waals surface area contributed by atoms with Gasteiger partial charge in [0, 0.05) is 38.8 Å². The van der Waals surface area contributed by atoms with Gasteiger partial charge in [-0.2, -0.15) is 4.31 Å². The SMILES string of the molecule is CC(C)CN(C[C@@H](O)[C@H](Cc1ccc(OCCN2CCOCC2)cc1)NC(=O)O[C@H]1CO[C@H]2COC[C@H]21)S(=O)(=O)c1ccc2c(c1)OCO2. The summed E-state index contributed by atoms with van der Waals surface area (Å²) in [4.78, 5) is 15.6. The second kappa shape index (κ2) is 16.2. The fraction of sp³-hybridized carbons (Fsp3) is 0.618. The number of ether oxygens (including phenoxy) is 7. The first-order chi connectivity index (χ1) is 23.7. The molecule has 0 aromatic heterocycles. The zero-order chi connectivity index (χ0) is 34.4. The monoisotopic (exact) mass is 705 g/mol. The molecule has 6 rings (SSSR count). The number of alkyl carbamates (subject to hydrolysis) is 1. The van der Waals surface area contributed by atoms with Gasteiger partial charge in [-0.1, -0.05) is 26.0 Å². The Balaban J connectivity index is 1.15. The van der Waals surface area contributed by atoms with Gasteiger partial charge in [0.25, 0.3) is 0 Å². The van der Waals surface area contributed by atoms with Crippen molar-refractivity contribution in [3.63, 3.8) is 0 Å². The molecule has 15 heteroatoms. The Kier molecular flexibility index (Phi) is 11.8. The van der Waals surface area contributed by atoms with E-state index in [-0.39, 0.29) is 55.7 Å². The van der Waals surface area contributed by atoms with Crippen molar-refractivity contribution in [3.05, 3.63) is 48.0 Å². The van der Waals surface area contributed by atoms with E-state index in [9.17, 15) is 18.3 Å². The first-order valence-corrected chi connectivity index (χ1v) is 18.4. The number of nitrogens with one attached hydrogen (secondary N) is 1. The van der Waals surface area contributed by atoms with Gasteiger partial charge in [0.2, 0.25) is 16.8 Å². The highest BCUT2D eigenvalue weighted by Gasteiger charge is 2.44. The van der Waals surface area contributed by atoms with E-state index in [2.05, 4.69) is 10.2 Å². The van der Waals surface area contributed by atoms with Crippen molar-refractivity contribution >= 4 is 16.1 Å². The lowest BCUT2D eigenvalue weighted by molar-refractivity contribution is 0.0271. The molecule has 4 aliphatic heterocycles. The summed E-state index contributed by atoms with van der Waals surface area (Å²) in [5.41, 5.74) is 0.812. The van der Waals surface area contributed by atoms with Gasteiger partial charge in [-0.25, -0.2) is 13.2 Å². The topological polar surface area (TPSA) is 155 Å². The number of carbonyl (C=O) groups excluding carboxylic acids is 1. The van der Waals surface area contributed by atoms with Crippen LogP contribution in [0.15, 0.2) is 47.4 Å². The number of morpholine rings is 1. The number of sulfonamides is 1. The second-order valence-electron chi connectivity index (χ2n) is 13.2. The summed E-state index contributed by atoms with van der Waals surface area (Å²) in [7, 11) is -4.06. The first-order valence-electron chi connectivity index (χ1n) is 16.9. The molecule has 1 amide bonds. The molecule has 3 saturated heterocycles. The van der Waals surface area contributed by atoms with Crippen molar-refractivity contribution in [2.45, 2.75) is 49.5 Å². The summed E-state index contributed by atoms with van der Waals surface area (Å²) in [6.45, 7) is 9.42. The standard InChI is InChI=1S/C34H47N3O11S/c1-23(2)17-37(49(40,41)26-7-8-30-31(16-26)47-22-46-30)18-29(38)28(35-34(39)48-33-21-45-32-20-43-19-27(32)33)15-24-3-5-25(6-4-24)44-14-11-36-9-12-42-13-10-36/h3-8,16,23,27-29,32-33,38H,9-15,17-22H2,1-2H3,(H,35,39)/t27-,28+,29-,32+,33+/m1/s1. The Morgan fingerprint density at radius 1 is 1.02 bits per heavy atom.